The summed E-state index contributed by atoms with van der Waals surface area (Å²) in [4.78, 5) is 17.6. The van der Waals surface area contributed by atoms with Crippen LogP contribution in [0, 0.1) is 25.2 Å². The highest BCUT2D eigenvalue weighted by Gasteiger charge is 2.25. The number of aromatic nitrogens is 3. The normalized spacial score (nSPS) is 11.1. The fourth-order valence-electron chi connectivity index (χ4n) is 4.93. The quantitative estimate of drug-likeness (QED) is 0.227. The molecule has 0 fully saturated rings. The number of nitrogen functional groups attached to an aromatic ring is 1. The number of aromatic hydroxyl groups is 1. The van der Waals surface area contributed by atoms with Crippen LogP contribution in [0.4, 0.5) is 5.82 Å². The zero-order valence-corrected chi connectivity index (χ0v) is 22.8. The highest BCUT2D eigenvalue weighted by molar-refractivity contribution is 6.30. The zero-order valence-electron chi connectivity index (χ0n) is 22.0. The predicted molar refractivity (Wildman–Crippen MR) is 159 cm³/mol. The number of aryl methyl sites for hydroxylation is 2. The van der Waals surface area contributed by atoms with Crippen molar-refractivity contribution in [3.63, 3.8) is 0 Å². The van der Waals surface area contributed by atoms with E-state index in [2.05, 4.69) is 11.1 Å². The van der Waals surface area contributed by atoms with Crippen molar-refractivity contribution in [1.82, 2.24) is 14.8 Å². The Morgan fingerprint density at radius 2 is 1.71 bits per heavy atom. The Hall–Kier alpha value is -5.39. The third kappa shape index (κ3) is 4.39. The number of hydrogen-bond donors (Lipinski definition) is 2. The van der Waals surface area contributed by atoms with Crippen LogP contribution in [0.3, 0.4) is 0 Å². The van der Waals surface area contributed by atoms with Gasteiger partial charge in [-0.3, -0.25) is 0 Å². The second-order valence-electron chi connectivity index (χ2n) is 9.62. The molecule has 6 aromatic rings. The average Bonchev–Trinajstić information content (AvgIpc) is 3.41. The summed E-state index contributed by atoms with van der Waals surface area (Å²) >= 11 is 6.15. The molecule has 3 heterocycles. The van der Waals surface area contributed by atoms with Crippen molar-refractivity contribution in [3.8, 4) is 51.1 Å². The molecule has 200 valence electrons. The minimum absolute atomic E-state index is 0.0695. The van der Waals surface area contributed by atoms with Gasteiger partial charge in [-0.1, -0.05) is 54.1 Å². The van der Waals surface area contributed by atoms with E-state index in [1.807, 2.05) is 61.5 Å². The second-order valence-corrected chi connectivity index (χ2v) is 10.1. The minimum Gasteiger partial charge on any atom is -0.506 e. The van der Waals surface area contributed by atoms with E-state index in [4.69, 9.17) is 26.9 Å². The first kappa shape index (κ1) is 25.9. The van der Waals surface area contributed by atoms with Gasteiger partial charge in [-0.15, -0.1) is 0 Å². The topological polar surface area (TPSA) is 131 Å². The van der Waals surface area contributed by atoms with Gasteiger partial charge in [-0.05, 0) is 55.3 Å². The van der Waals surface area contributed by atoms with Crippen molar-refractivity contribution >= 4 is 28.4 Å². The van der Waals surface area contributed by atoms with E-state index in [0.717, 1.165) is 16.8 Å². The molecule has 0 aliphatic carbocycles. The smallest absolute Gasteiger partial charge is 0.349 e. The van der Waals surface area contributed by atoms with Crippen LogP contribution in [0.15, 0.2) is 88.2 Å². The van der Waals surface area contributed by atoms with Crippen LogP contribution in [0.1, 0.15) is 16.7 Å². The Morgan fingerprint density at radius 1 is 1.00 bits per heavy atom. The molecule has 3 aromatic heterocycles. The van der Waals surface area contributed by atoms with Crippen molar-refractivity contribution in [2.75, 3.05) is 5.73 Å². The number of para-hydroxylation sites is 1. The molecule has 0 saturated carbocycles. The van der Waals surface area contributed by atoms with Crippen LogP contribution in [0.5, 0.6) is 5.75 Å². The molecule has 0 unspecified atom stereocenters. The van der Waals surface area contributed by atoms with Gasteiger partial charge in [0.15, 0.2) is 0 Å². The van der Waals surface area contributed by atoms with Crippen LogP contribution in [0.2, 0.25) is 5.02 Å². The van der Waals surface area contributed by atoms with E-state index in [-0.39, 0.29) is 28.4 Å². The molecule has 0 aliphatic rings. The minimum atomic E-state index is -0.774. The van der Waals surface area contributed by atoms with E-state index >= 15 is 0 Å². The number of pyridine rings is 1. The number of anilines is 1. The number of halogens is 1. The lowest BCUT2D eigenvalue weighted by molar-refractivity contribution is 0.470. The first-order chi connectivity index (χ1) is 19.8. The molecule has 0 bridgehead atoms. The summed E-state index contributed by atoms with van der Waals surface area (Å²) < 4.78 is 7.36. The van der Waals surface area contributed by atoms with Gasteiger partial charge in [-0.2, -0.15) is 10.4 Å². The standard InChI is InChI=1S/C32H22ClN5O3/c1-17-8-9-18(2)30-26(17)29(39)27(32(40)41-30)25-14-22(23(15-34)31(35)36-25)24-16-38(21-6-4-3-5-7-21)37-28(24)19-10-12-20(33)13-11-19/h3-14,16,39H,1-2H3,(H2,35,36). The Kier molecular flexibility index (Phi) is 6.29. The molecule has 0 atom stereocenters. The van der Waals surface area contributed by atoms with E-state index in [1.54, 1.807) is 36.0 Å². The number of nitrogens with zero attached hydrogens (tertiary/aromatic N) is 4. The summed E-state index contributed by atoms with van der Waals surface area (Å²) in [5.41, 5.74) is 10.4. The van der Waals surface area contributed by atoms with Crippen molar-refractivity contribution in [3.05, 3.63) is 111 Å². The van der Waals surface area contributed by atoms with Gasteiger partial charge in [0.05, 0.1) is 16.8 Å². The molecule has 8 nitrogen and oxygen atoms in total. The molecule has 0 aliphatic heterocycles. The monoisotopic (exact) mass is 559 g/mol. The summed E-state index contributed by atoms with van der Waals surface area (Å²) in [6, 6.07) is 24.0. The lowest BCUT2D eigenvalue weighted by Gasteiger charge is -2.13. The molecule has 3 N–H and O–H groups in total. The molecule has 3 aromatic carbocycles. The van der Waals surface area contributed by atoms with Crippen LogP contribution >= 0.6 is 11.6 Å². The number of rotatable bonds is 4. The maximum Gasteiger partial charge on any atom is 0.349 e. The Balaban J connectivity index is 1.65. The highest BCUT2D eigenvalue weighted by Crippen LogP contribution is 2.40. The zero-order chi connectivity index (χ0) is 28.8. The molecule has 6 rings (SSSR count). The van der Waals surface area contributed by atoms with Crippen molar-refractivity contribution in [1.29, 1.82) is 5.26 Å². The number of fused-ring (bicyclic) bond motifs is 1. The van der Waals surface area contributed by atoms with E-state index < -0.39 is 5.63 Å². The number of benzene rings is 3. The molecule has 0 radical (unpaired) electrons. The predicted octanol–water partition coefficient (Wildman–Crippen LogP) is 6.80. The first-order valence-corrected chi connectivity index (χ1v) is 13.0. The van der Waals surface area contributed by atoms with Crippen molar-refractivity contribution < 1.29 is 9.52 Å². The fourth-order valence-corrected chi connectivity index (χ4v) is 5.06. The van der Waals surface area contributed by atoms with Gasteiger partial charge in [0, 0.05) is 27.9 Å². The maximum absolute atomic E-state index is 13.2. The molecule has 41 heavy (non-hydrogen) atoms. The first-order valence-electron chi connectivity index (χ1n) is 12.6. The largest absolute Gasteiger partial charge is 0.506 e. The molecule has 0 saturated heterocycles. The Labute approximate surface area is 239 Å². The number of hydrogen-bond acceptors (Lipinski definition) is 7. The van der Waals surface area contributed by atoms with Gasteiger partial charge in [0.1, 0.15) is 40.0 Å². The maximum atomic E-state index is 13.2. The summed E-state index contributed by atoms with van der Waals surface area (Å²) in [6.07, 6.45) is 1.79. The third-order valence-electron chi connectivity index (χ3n) is 6.99. The van der Waals surface area contributed by atoms with Crippen LogP contribution in [-0.2, 0) is 0 Å². The third-order valence-corrected chi connectivity index (χ3v) is 7.25. The van der Waals surface area contributed by atoms with Gasteiger partial charge < -0.3 is 15.3 Å². The summed E-state index contributed by atoms with van der Waals surface area (Å²) in [5.74, 6) is -0.368. The summed E-state index contributed by atoms with van der Waals surface area (Å²) in [6.45, 7) is 3.61. The highest BCUT2D eigenvalue weighted by atomic mass is 35.5. The van der Waals surface area contributed by atoms with Crippen LogP contribution in [0.25, 0.3) is 50.3 Å². The molecule has 9 heteroatoms. The van der Waals surface area contributed by atoms with Crippen LogP contribution in [-0.4, -0.2) is 19.9 Å². The van der Waals surface area contributed by atoms with E-state index in [9.17, 15) is 15.2 Å². The SMILES string of the molecule is Cc1ccc(C)c2c(O)c(-c3cc(-c4cn(-c5ccccc5)nc4-c4ccc(Cl)cc4)c(C#N)c(N)n3)c(=O)oc12. The number of nitrogens with two attached hydrogens (primary N) is 1. The Bertz CT molecular complexity index is 2070. The molecule has 0 amide bonds. The van der Waals surface area contributed by atoms with Gasteiger partial charge >= 0.3 is 5.63 Å². The average molecular weight is 560 g/mol. The number of nitriles is 1. The van der Waals surface area contributed by atoms with E-state index in [1.165, 1.54) is 0 Å². The molecular weight excluding hydrogens is 538 g/mol. The lowest BCUT2D eigenvalue weighted by Crippen LogP contribution is -2.08. The van der Waals surface area contributed by atoms with Crippen molar-refractivity contribution in [2.45, 2.75) is 13.8 Å². The van der Waals surface area contributed by atoms with Gasteiger partial charge in [-0.25, -0.2) is 14.5 Å². The van der Waals surface area contributed by atoms with Gasteiger partial charge in [0.2, 0.25) is 0 Å². The van der Waals surface area contributed by atoms with Crippen molar-refractivity contribution in [2.24, 2.45) is 0 Å². The second kappa shape index (κ2) is 9.97. The molecular formula is C32H22ClN5O3. The van der Waals surface area contributed by atoms with Crippen LogP contribution < -0.4 is 11.4 Å². The van der Waals surface area contributed by atoms with E-state index in [0.29, 0.717) is 38.4 Å². The summed E-state index contributed by atoms with van der Waals surface area (Å²) in [7, 11) is 0. The Morgan fingerprint density at radius 3 is 2.41 bits per heavy atom. The summed E-state index contributed by atoms with van der Waals surface area (Å²) in [5, 5.41) is 27.3. The van der Waals surface area contributed by atoms with Gasteiger partial charge in [0.25, 0.3) is 0 Å². The molecule has 0 spiro atoms. The fraction of sp³-hybridized carbons (Fsp3) is 0.0625. The lowest BCUT2D eigenvalue weighted by atomic mass is 9.96.